The van der Waals surface area contributed by atoms with Gasteiger partial charge in [-0.25, -0.2) is 0 Å². The van der Waals surface area contributed by atoms with Crippen molar-refractivity contribution in [3.63, 3.8) is 0 Å². The second-order valence-electron chi connectivity index (χ2n) is 5.54. The molecular weight excluding hydrogens is 282 g/mol. The van der Waals surface area contributed by atoms with E-state index in [0.717, 1.165) is 36.8 Å². The van der Waals surface area contributed by atoms with Crippen LogP contribution in [0.2, 0.25) is 5.02 Å². The Bertz CT molecular complexity index is 609. The molecule has 0 fully saturated rings. The fraction of sp³-hybridized carbons (Fsp3) is 0.333. The van der Waals surface area contributed by atoms with Gasteiger partial charge in [-0.3, -0.25) is 0 Å². The van der Waals surface area contributed by atoms with Crippen LogP contribution in [0, 0.1) is 6.92 Å². The quantitative estimate of drug-likeness (QED) is 0.891. The Morgan fingerprint density at radius 2 is 2.00 bits per heavy atom. The summed E-state index contributed by atoms with van der Waals surface area (Å²) in [4.78, 5) is 0. The summed E-state index contributed by atoms with van der Waals surface area (Å²) in [6.07, 6.45) is 2.18. The molecule has 1 aliphatic rings. The summed E-state index contributed by atoms with van der Waals surface area (Å²) < 4.78 is 5.92. The number of para-hydroxylation sites is 1. The van der Waals surface area contributed by atoms with Gasteiger partial charge >= 0.3 is 0 Å². The Labute approximate surface area is 131 Å². The Hall–Kier alpha value is -1.51. The van der Waals surface area contributed by atoms with E-state index in [4.69, 9.17) is 16.3 Å². The number of fused-ring (bicyclic) bond motifs is 1. The van der Waals surface area contributed by atoms with Crippen LogP contribution in [-0.4, -0.2) is 6.61 Å². The van der Waals surface area contributed by atoms with E-state index in [1.165, 1.54) is 16.7 Å². The zero-order valence-corrected chi connectivity index (χ0v) is 13.0. The van der Waals surface area contributed by atoms with Crippen LogP contribution in [0.25, 0.3) is 0 Å². The molecule has 1 aliphatic heterocycles. The Morgan fingerprint density at radius 3 is 2.81 bits per heavy atom. The van der Waals surface area contributed by atoms with Crippen LogP contribution in [0.5, 0.6) is 5.75 Å². The van der Waals surface area contributed by atoms with Crippen LogP contribution < -0.4 is 10.1 Å². The lowest BCUT2D eigenvalue weighted by atomic mass is 9.99. The van der Waals surface area contributed by atoms with E-state index in [0.29, 0.717) is 6.04 Å². The van der Waals surface area contributed by atoms with Crippen molar-refractivity contribution in [1.29, 1.82) is 0 Å². The van der Waals surface area contributed by atoms with Crippen molar-refractivity contribution in [2.75, 3.05) is 6.61 Å². The van der Waals surface area contributed by atoms with Gasteiger partial charge in [0.15, 0.2) is 0 Å². The largest absolute Gasteiger partial charge is 0.493 e. The third-order valence-electron chi connectivity index (χ3n) is 3.97. The molecule has 0 radical (unpaired) electrons. The van der Waals surface area contributed by atoms with E-state index >= 15 is 0 Å². The number of halogens is 1. The highest BCUT2D eigenvalue weighted by Gasteiger charge is 2.20. The number of hydrogen-bond donors (Lipinski definition) is 1. The van der Waals surface area contributed by atoms with Gasteiger partial charge in [0.2, 0.25) is 0 Å². The van der Waals surface area contributed by atoms with Crippen LogP contribution in [0.3, 0.4) is 0 Å². The van der Waals surface area contributed by atoms with E-state index in [9.17, 15) is 0 Å². The predicted octanol–water partition coefficient (Wildman–Crippen LogP) is 4.65. The van der Waals surface area contributed by atoms with Crippen LogP contribution in [0.1, 0.15) is 35.6 Å². The minimum absolute atomic E-state index is 0.345. The van der Waals surface area contributed by atoms with Gasteiger partial charge in [0, 0.05) is 23.2 Å². The van der Waals surface area contributed by atoms with Gasteiger partial charge in [0.25, 0.3) is 0 Å². The fourth-order valence-electron chi connectivity index (χ4n) is 2.82. The Morgan fingerprint density at radius 1 is 1.19 bits per heavy atom. The first kappa shape index (κ1) is 14.4. The average molecular weight is 302 g/mol. The lowest BCUT2D eigenvalue weighted by Gasteiger charge is -2.19. The molecule has 0 saturated heterocycles. The van der Waals surface area contributed by atoms with Gasteiger partial charge in [0.1, 0.15) is 5.75 Å². The van der Waals surface area contributed by atoms with Crippen LogP contribution >= 0.6 is 11.6 Å². The number of nitrogens with one attached hydrogen (secondary N) is 1. The van der Waals surface area contributed by atoms with Crippen molar-refractivity contribution < 1.29 is 4.74 Å². The number of aryl methyl sites for hydroxylation is 1. The molecule has 1 unspecified atom stereocenters. The minimum atomic E-state index is 0.345. The van der Waals surface area contributed by atoms with Gasteiger partial charge in [-0.15, -0.1) is 0 Å². The third-order valence-corrected chi connectivity index (χ3v) is 4.22. The molecule has 0 amide bonds. The minimum Gasteiger partial charge on any atom is -0.493 e. The summed E-state index contributed by atoms with van der Waals surface area (Å²) in [5.41, 5.74) is 3.74. The monoisotopic (exact) mass is 301 g/mol. The van der Waals surface area contributed by atoms with Crippen LogP contribution in [-0.2, 0) is 6.54 Å². The molecule has 1 atom stereocenters. The SMILES string of the molecule is Cc1cccc2c1OCCCC2NCc1ccc(Cl)cc1. The van der Waals surface area contributed by atoms with Gasteiger partial charge in [-0.2, -0.15) is 0 Å². The van der Waals surface area contributed by atoms with Crippen LogP contribution in [0.4, 0.5) is 0 Å². The lowest BCUT2D eigenvalue weighted by molar-refractivity contribution is 0.313. The summed E-state index contributed by atoms with van der Waals surface area (Å²) in [5.74, 6) is 1.06. The number of benzene rings is 2. The number of ether oxygens (including phenoxy) is 1. The van der Waals surface area contributed by atoms with E-state index in [-0.39, 0.29) is 0 Å². The number of rotatable bonds is 3. The summed E-state index contributed by atoms with van der Waals surface area (Å²) >= 11 is 5.93. The molecule has 1 N–H and O–H groups in total. The van der Waals surface area contributed by atoms with Gasteiger partial charge < -0.3 is 10.1 Å². The summed E-state index contributed by atoms with van der Waals surface area (Å²) in [6.45, 7) is 3.76. The van der Waals surface area contributed by atoms with E-state index < -0.39 is 0 Å². The maximum absolute atomic E-state index is 5.93. The molecule has 3 rings (SSSR count). The van der Waals surface area contributed by atoms with Crippen molar-refractivity contribution in [3.8, 4) is 5.75 Å². The van der Waals surface area contributed by atoms with Gasteiger partial charge in [-0.1, -0.05) is 41.9 Å². The molecule has 21 heavy (non-hydrogen) atoms. The predicted molar refractivity (Wildman–Crippen MR) is 86.9 cm³/mol. The standard InChI is InChI=1S/C18H20ClNO/c1-13-4-2-5-16-17(6-3-11-21-18(13)16)20-12-14-7-9-15(19)10-8-14/h2,4-5,7-10,17,20H,3,6,11-12H2,1H3. The highest BCUT2D eigenvalue weighted by Crippen LogP contribution is 2.34. The smallest absolute Gasteiger partial charge is 0.126 e. The molecule has 2 aromatic rings. The van der Waals surface area contributed by atoms with Crippen molar-refractivity contribution in [3.05, 3.63) is 64.2 Å². The van der Waals surface area contributed by atoms with E-state index in [1.54, 1.807) is 0 Å². The topological polar surface area (TPSA) is 21.3 Å². The van der Waals surface area contributed by atoms with Crippen molar-refractivity contribution in [2.24, 2.45) is 0 Å². The molecule has 0 aromatic heterocycles. The zero-order valence-electron chi connectivity index (χ0n) is 12.2. The zero-order chi connectivity index (χ0) is 14.7. The summed E-state index contributed by atoms with van der Waals surface area (Å²) in [7, 11) is 0. The van der Waals surface area contributed by atoms with Crippen LogP contribution in [0.15, 0.2) is 42.5 Å². The molecular formula is C18H20ClNO. The molecule has 3 heteroatoms. The summed E-state index contributed by atoms with van der Waals surface area (Å²) in [5, 5.41) is 4.44. The molecule has 1 heterocycles. The fourth-order valence-corrected chi connectivity index (χ4v) is 2.95. The maximum Gasteiger partial charge on any atom is 0.126 e. The molecule has 0 saturated carbocycles. The van der Waals surface area contributed by atoms with Gasteiger partial charge in [-0.05, 0) is 43.0 Å². The van der Waals surface area contributed by atoms with Gasteiger partial charge in [0.05, 0.1) is 6.61 Å². The van der Waals surface area contributed by atoms with Crippen molar-refractivity contribution >= 4 is 11.6 Å². The highest BCUT2D eigenvalue weighted by atomic mass is 35.5. The first-order valence-corrected chi connectivity index (χ1v) is 7.82. The second kappa shape index (κ2) is 6.50. The normalized spacial score (nSPS) is 17.7. The first-order chi connectivity index (χ1) is 10.2. The van der Waals surface area contributed by atoms with Crippen molar-refractivity contribution in [1.82, 2.24) is 5.32 Å². The highest BCUT2D eigenvalue weighted by molar-refractivity contribution is 6.30. The summed E-state index contributed by atoms with van der Waals surface area (Å²) in [6, 6.07) is 14.8. The van der Waals surface area contributed by atoms with E-state index in [2.05, 4.69) is 42.6 Å². The molecule has 0 aliphatic carbocycles. The van der Waals surface area contributed by atoms with Crippen molar-refractivity contribution in [2.45, 2.75) is 32.4 Å². The molecule has 110 valence electrons. The molecule has 0 spiro atoms. The number of hydrogen-bond acceptors (Lipinski definition) is 2. The molecule has 0 bridgehead atoms. The first-order valence-electron chi connectivity index (χ1n) is 7.44. The maximum atomic E-state index is 5.93. The molecule has 2 nitrogen and oxygen atoms in total. The average Bonchev–Trinajstić information content (AvgIpc) is 2.70. The molecule has 2 aromatic carbocycles. The van der Waals surface area contributed by atoms with E-state index in [1.807, 2.05) is 12.1 Å². The second-order valence-corrected chi connectivity index (χ2v) is 5.98. The third kappa shape index (κ3) is 3.39. The Balaban J connectivity index is 1.76. The lowest BCUT2D eigenvalue weighted by Crippen LogP contribution is -2.20. The Kier molecular flexibility index (Phi) is 4.47.